The van der Waals surface area contributed by atoms with Crippen molar-refractivity contribution in [2.45, 2.75) is 38.3 Å². The van der Waals surface area contributed by atoms with Gasteiger partial charge in [0.1, 0.15) is 5.67 Å². The fourth-order valence-electron chi connectivity index (χ4n) is 2.66. The summed E-state index contributed by atoms with van der Waals surface area (Å²) in [7, 11) is 0. The number of nitrogens with zero attached hydrogens (tertiary/aromatic N) is 1. The lowest BCUT2D eigenvalue weighted by molar-refractivity contribution is 0.0568. The molecular formula is C12H22FNO. The molecule has 0 aromatic rings. The number of rotatable bonds is 3. The predicted molar refractivity (Wildman–Crippen MR) is 58.7 cm³/mol. The summed E-state index contributed by atoms with van der Waals surface area (Å²) in [4.78, 5) is 2.28. The van der Waals surface area contributed by atoms with Gasteiger partial charge in [-0.1, -0.05) is 0 Å². The molecule has 0 bridgehead atoms. The standard InChI is InChI=1S/C12H22FNO/c1-12(13)5-2-6-14(10-12)7-3-11-4-8-15-9-11/h11H,2-10H2,1H3. The normalized spacial score (nSPS) is 38.4. The van der Waals surface area contributed by atoms with Gasteiger partial charge in [0.2, 0.25) is 0 Å². The molecule has 2 fully saturated rings. The Labute approximate surface area is 91.8 Å². The zero-order valence-electron chi connectivity index (χ0n) is 9.67. The van der Waals surface area contributed by atoms with Crippen LogP contribution in [0.3, 0.4) is 0 Å². The van der Waals surface area contributed by atoms with Crippen molar-refractivity contribution in [1.82, 2.24) is 4.90 Å². The maximum absolute atomic E-state index is 13.8. The Bertz CT molecular complexity index is 202. The summed E-state index contributed by atoms with van der Waals surface area (Å²) >= 11 is 0. The average molecular weight is 215 g/mol. The highest BCUT2D eigenvalue weighted by atomic mass is 19.1. The van der Waals surface area contributed by atoms with Crippen molar-refractivity contribution in [3.8, 4) is 0 Å². The average Bonchev–Trinajstić information content (AvgIpc) is 2.65. The van der Waals surface area contributed by atoms with Gasteiger partial charge in [0, 0.05) is 19.8 Å². The lowest BCUT2D eigenvalue weighted by Gasteiger charge is -2.35. The van der Waals surface area contributed by atoms with E-state index in [1.807, 2.05) is 0 Å². The molecule has 0 aromatic heterocycles. The van der Waals surface area contributed by atoms with Gasteiger partial charge in [-0.15, -0.1) is 0 Å². The molecule has 2 unspecified atom stereocenters. The van der Waals surface area contributed by atoms with Crippen LogP contribution in [0.4, 0.5) is 4.39 Å². The lowest BCUT2D eigenvalue weighted by atomic mass is 9.96. The van der Waals surface area contributed by atoms with E-state index in [2.05, 4.69) is 4.90 Å². The van der Waals surface area contributed by atoms with Crippen molar-refractivity contribution in [1.29, 1.82) is 0 Å². The van der Waals surface area contributed by atoms with E-state index in [4.69, 9.17) is 4.74 Å². The van der Waals surface area contributed by atoms with Gasteiger partial charge in [-0.05, 0) is 51.6 Å². The molecule has 2 aliphatic heterocycles. The van der Waals surface area contributed by atoms with Crippen molar-refractivity contribution in [2.75, 3.05) is 32.8 Å². The van der Waals surface area contributed by atoms with Crippen LogP contribution < -0.4 is 0 Å². The number of hydrogen-bond donors (Lipinski definition) is 0. The fraction of sp³-hybridized carbons (Fsp3) is 1.00. The van der Waals surface area contributed by atoms with Crippen LogP contribution in [-0.4, -0.2) is 43.4 Å². The number of ether oxygens (including phenoxy) is 1. The van der Waals surface area contributed by atoms with Gasteiger partial charge < -0.3 is 9.64 Å². The summed E-state index contributed by atoms with van der Waals surface area (Å²) in [6, 6.07) is 0. The highest BCUT2D eigenvalue weighted by Gasteiger charge is 2.30. The smallest absolute Gasteiger partial charge is 0.120 e. The molecule has 3 heteroatoms. The van der Waals surface area contributed by atoms with Gasteiger partial charge in [0.15, 0.2) is 0 Å². The van der Waals surface area contributed by atoms with E-state index in [-0.39, 0.29) is 0 Å². The first-order valence-electron chi connectivity index (χ1n) is 6.15. The molecule has 2 aliphatic rings. The first kappa shape index (κ1) is 11.3. The highest BCUT2D eigenvalue weighted by molar-refractivity contribution is 4.83. The topological polar surface area (TPSA) is 12.5 Å². The van der Waals surface area contributed by atoms with Gasteiger partial charge in [0.25, 0.3) is 0 Å². The third-order valence-electron chi connectivity index (χ3n) is 3.60. The minimum Gasteiger partial charge on any atom is -0.381 e. The number of halogens is 1. The van der Waals surface area contributed by atoms with E-state index in [1.54, 1.807) is 6.92 Å². The SMILES string of the molecule is CC1(F)CCCN(CCC2CCOC2)C1. The third-order valence-corrected chi connectivity index (χ3v) is 3.60. The molecule has 0 radical (unpaired) electrons. The van der Waals surface area contributed by atoms with Gasteiger partial charge in [0.05, 0.1) is 0 Å². The maximum atomic E-state index is 13.8. The summed E-state index contributed by atoms with van der Waals surface area (Å²) in [5, 5.41) is 0. The molecule has 88 valence electrons. The van der Waals surface area contributed by atoms with Crippen molar-refractivity contribution >= 4 is 0 Å². The van der Waals surface area contributed by atoms with Crippen LogP contribution in [0.5, 0.6) is 0 Å². The Kier molecular flexibility index (Phi) is 3.62. The highest BCUT2D eigenvalue weighted by Crippen LogP contribution is 2.25. The first-order valence-corrected chi connectivity index (χ1v) is 6.15. The van der Waals surface area contributed by atoms with Gasteiger partial charge in [-0.25, -0.2) is 4.39 Å². The second kappa shape index (κ2) is 4.79. The Morgan fingerprint density at radius 2 is 2.40 bits per heavy atom. The zero-order chi connectivity index (χ0) is 10.7. The van der Waals surface area contributed by atoms with Crippen LogP contribution in [0.25, 0.3) is 0 Å². The molecule has 2 nitrogen and oxygen atoms in total. The van der Waals surface area contributed by atoms with Crippen molar-refractivity contribution in [3.05, 3.63) is 0 Å². The van der Waals surface area contributed by atoms with Gasteiger partial charge in [-0.2, -0.15) is 0 Å². The van der Waals surface area contributed by atoms with E-state index in [0.29, 0.717) is 6.54 Å². The van der Waals surface area contributed by atoms with Crippen LogP contribution in [0.15, 0.2) is 0 Å². The zero-order valence-corrected chi connectivity index (χ0v) is 9.67. The van der Waals surface area contributed by atoms with Crippen LogP contribution >= 0.6 is 0 Å². The van der Waals surface area contributed by atoms with Crippen molar-refractivity contribution in [3.63, 3.8) is 0 Å². The Morgan fingerprint density at radius 1 is 1.53 bits per heavy atom. The number of hydrogen-bond acceptors (Lipinski definition) is 2. The molecular weight excluding hydrogens is 193 g/mol. The molecule has 0 saturated carbocycles. The quantitative estimate of drug-likeness (QED) is 0.716. The molecule has 0 N–H and O–H groups in total. The van der Waals surface area contributed by atoms with E-state index in [1.165, 1.54) is 12.8 Å². The van der Waals surface area contributed by atoms with E-state index in [0.717, 1.165) is 45.1 Å². The van der Waals surface area contributed by atoms with Gasteiger partial charge >= 0.3 is 0 Å². The Hall–Kier alpha value is -0.150. The van der Waals surface area contributed by atoms with Crippen molar-refractivity contribution < 1.29 is 9.13 Å². The lowest BCUT2D eigenvalue weighted by Crippen LogP contribution is -2.44. The summed E-state index contributed by atoms with van der Waals surface area (Å²) in [5.41, 5.74) is -0.954. The first-order chi connectivity index (χ1) is 7.16. The molecule has 0 aromatic carbocycles. The number of piperidine rings is 1. The summed E-state index contributed by atoms with van der Waals surface area (Å²) in [5.74, 6) is 0.720. The number of alkyl halides is 1. The van der Waals surface area contributed by atoms with E-state index < -0.39 is 5.67 Å². The molecule has 0 amide bonds. The van der Waals surface area contributed by atoms with Gasteiger partial charge in [-0.3, -0.25) is 0 Å². The van der Waals surface area contributed by atoms with Crippen LogP contribution in [-0.2, 0) is 4.74 Å². The Balaban J connectivity index is 1.69. The molecule has 2 atom stereocenters. The molecule has 0 aliphatic carbocycles. The predicted octanol–water partition coefficient (Wildman–Crippen LogP) is 2.24. The molecule has 0 spiro atoms. The molecule has 2 saturated heterocycles. The molecule has 15 heavy (non-hydrogen) atoms. The Morgan fingerprint density at radius 3 is 3.07 bits per heavy atom. The summed E-state index contributed by atoms with van der Waals surface area (Å²) in [6.07, 6.45) is 4.11. The van der Waals surface area contributed by atoms with Crippen LogP contribution in [0.1, 0.15) is 32.6 Å². The monoisotopic (exact) mass is 215 g/mol. The van der Waals surface area contributed by atoms with E-state index >= 15 is 0 Å². The fourth-order valence-corrected chi connectivity index (χ4v) is 2.66. The third kappa shape index (κ3) is 3.42. The largest absolute Gasteiger partial charge is 0.381 e. The maximum Gasteiger partial charge on any atom is 0.120 e. The molecule has 2 rings (SSSR count). The summed E-state index contributed by atoms with van der Waals surface area (Å²) < 4.78 is 19.1. The number of likely N-dealkylation sites (tertiary alicyclic amines) is 1. The van der Waals surface area contributed by atoms with Crippen molar-refractivity contribution in [2.24, 2.45) is 5.92 Å². The van der Waals surface area contributed by atoms with Crippen LogP contribution in [0, 0.1) is 5.92 Å². The second-order valence-electron chi connectivity index (χ2n) is 5.31. The second-order valence-corrected chi connectivity index (χ2v) is 5.31. The molecule has 2 heterocycles. The minimum atomic E-state index is -0.954. The minimum absolute atomic E-state index is 0.626. The summed E-state index contributed by atoms with van der Waals surface area (Å²) in [6.45, 7) is 6.32. The van der Waals surface area contributed by atoms with E-state index in [9.17, 15) is 4.39 Å². The van der Waals surface area contributed by atoms with Crippen LogP contribution in [0.2, 0.25) is 0 Å².